The van der Waals surface area contributed by atoms with Gasteiger partial charge in [0.15, 0.2) is 5.58 Å². The maximum Gasteiger partial charge on any atom is 0.420 e. The van der Waals surface area contributed by atoms with E-state index in [0.29, 0.717) is 22.4 Å². The Labute approximate surface area is 83.7 Å². The fourth-order valence-corrected chi connectivity index (χ4v) is 1.51. The Balaban J connectivity index is 2.83. The second kappa shape index (κ2) is 3.31. The van der Waals surface area contributed by atoms with Gasteiger partial charge in [-0.25, -0.2) is 4.79 Å². The van der Waals surface area contributed by atoms with Gasteiger partial charge in [-0.05, 0) is 12.1 Å². The SMILES string of the molecule is O=CCn1c(=O)oc2c(Cl)cccc21. The number of nitrogens with zero attached hydrogens (tertiary/aromatic N) is 1. The first-order valence-corrected chi connectivity index (χ1v) is 4.33. The Hall–Kier alpha value is -1.55. The minimum atomic E-state index is -0.569. The molecule has 0 radical (unpaired) electrons. The summed E-state index contributed by atoms with van der Waals surface area (Å²) >= 11 is 5.81. The Kier molecular flexibility index (Phi) is 2.13. The van der Waals surface area contributed by atoms with Crippen LogP contribution in [-0.4, -0.2) is 10.9 Å². The Bertz CT molecular complexity index is 540. The highest BCUT2D eigenvalue weighted by Crippen LogP contribution is 2.21. The number of oxazole rings is 1. The number of para-hydroxylation sites is 1. The van der Waals surface area contributed by atoms with Crippen LogP contribution in [0, 0.1) is 0 Å². The first kappa shape index (κ1) is 9.02. The van der Waals surface area contributed by atoms with Crippen molar-refractivity contribution in [3.63, 3.8) is 0 Å². The van der Waals surface area contributed by atoms with Crippen LogP contribution in [0.2, 0.25) is 5.02 Å². The molecule has 0 aliphatic rings. The number of carbonyl (C=O) groups is 1. The van der Waals surface area contributed by atoms with Crippen molar-refractivity contribution in [3.8, 4) is 0 Å². The van der Waals surface area contributed by atoms with Crippen molar-refractivity contribution < 1.29 is 9.21 Å². The van der Waals surface area contributed by atoms with Gasteiger partial charge in [0, 0.05) is 0 Å². The van der Waals surface area contributed by atoms with Gasteiger partial charge in [-0.2, -0.15) is 0 Å². The molecule has 0 unspecified atom stereocenters. The highest BCUT2D eigenvalue weighted by Gasteiger charge is 2.10. The van der Waals surface area contributed by atoms with Crippen LogP contribution in [0.25, 0.3) is 11.1 Å². The lowest BCUT2D eigenvalue weighted by atomic mass is 10.3. The highest BCUT2D eigenvalue weighted by atomic mass is 35.5. The van der Waals surface area contributed by atoms with E-state index >= 15 is 0 Å². The van der Waals surface area contributed by atoms with Gasteiger partial charge < -0.3 is 9.21 Å². The number of benzene rings is 1. The van der Waals surface area contributed by atoms with Gasteiger partial charge in [-0.1, -0.05) is 17.7 Å². The molecule has 14 heavy (non-hydrogen) atoms. The summed E-state index contributed by atoms with van der Waals surface area (Å²) in [7, 11) is 0. The van der Waals surface area contributed by atoms with Crippen LogP contribution in [0.15, 0.2) is 27.4 Å². The van der Waals surface area contributed by atoms with Crippen LogP contribution in [-0.2, 0) is 11.3 Å². The summed E-state index contributed by atoms with van der Waals surface area (Å²) in [5.41, 5.74) is 0.857. The molecule has 4 nitrogen and oxygen atoms in total. The zero-order valence-corrected chi connectivity index (χ0v) is 7.82. The number of halogens is 1. The molecule has 2 aromatic rings. The van der Waals surface area contributed by atoms with Crippen LogP contribution in [0.1, 0.15) is 0 Å². The molecule has 1 aromatic heterocycles. The molecule has 0 N–H and O–H groups in total. The van der Waals surface area contributed by atoms with E-state index in [1.807, 2.05) is 0 Å². The molecule has 1 aromatic carbocycles. The van der Waals surface area contributed by atoms with Crippen molar-refractivity contribution >= 4 is 29.0 Å². The molecule has 0 bridgehead atoms. The van der Waals surface area contributed by atoms with Crippen LogP contribution in [0.5, 0.6) is 0 Å². The van der Waals surface area contributed by atoms with Gasteiger partial charge in [0.2, 0.25) is 0 Å². The summed E-state index contributed by atoms with van der Waals surface area (Å²) < 4.78 is 6.13. The number of hydrogen-bond donors (Lipinski definition) is 0. The van der Waals surface area contributed by atoms with E-state index < -0.39 is 5.76 Å². The summed E-state index contributed by atoms with van der Waals surface area (Å²) in [6.07, 6.45) is 0.636. The number of fused-ring (bicyclic) bond motifs is 1. The average molecular weight is 212 g/mol. The number of carbonyl (C=O) groups excluding carboxylic acids is 1. The lowest BCUT2D eigenvalue weighted by Gasteiger charge is -1.94. The second-order valence-electron chi connectivity index (χ2n) is 2.73. The maximum absolute atomic E-state index is 11.3. The maximum atomic E-state index is 11.3. The standard InChI is InChI=1S/C9H6ClNO3/c10-6-2-1-3-7-8(6)14-9(13)11(7)4-5-12/h1-3,5H,4H2. The zero-order chi connectivity index (χ0) is 10.1. The Morgan fingerprint density at radius 1 is 1.50 bits per heavy atom. The lowest BCUT2D eigenvalue weighted by Crippen LogP contribution is -2.14. The van der Waals surface area contributed by atoms with E-state index in [1.165, 1.54) is 4.57 Å². The number of aromatic nitrogens is 1. The zero-order valence-electron chi connectivity index (χ0n) is 7.07. The first-order chi connectivity index (χ1) is 6.74. The normalized spacial score (nSPS) is 10.6. The molecule has 1 heterocycles. The average Bonchev–Trinajstić information content (AvgIpc) is 2.47. The van der Waals surface area contributed by atoms with Crippen molar-refractivity contribution in [1.29, 1.82) is 0 Å². The summed E-state index contributed by atoms with van der Waals surface area (Å²) in [6, 6.07) is 4.99. The third-order valence-corrected chi connectivity index (χ3v) is 2.20. The third-order valence-electron chi connectivity index (χ3n) is 1.90. The number of rotatable bonds is 2. The van der Waals surface area contributed by atoms with Crippen molar-refractivity contribution in [2.45, 2.75) is 6.54 Å². The molecule has 0 saturated heterocycles. The van der Waals surface area contributed by atoms with E-state index in [1.54, 1.807) is 18.2 Å². The molecule has 0 atom stereocenters. The molecule has 2 rings (SSSR count). The Morgan fingerprint density at radius 3 is 3.00 bits per heavy atom. The van der Waals surface area contributed by atoms with Crippen LogP contribution < -0.4 is 5.76 Å². The van der Waals surface area contributed by atoms with E-state index in [0.717, 1.165) is 0 Å². The molecule has 0 fully saturated rings. The van der Waals surface area contributed by atoms with Crippen molar-refractivity contribution in [3.05, 3.63) is 33.8 Å². The largest absolute Gasteiger partial charge is 0.420 e. The predicted molar refractivity (Wildman–Crippen MR) is 51.5 cm³/mol. The summed E-state index contributed by atoms with van der Waals surface area (Å²) in [4.78, 5) is 21.6. The van der Waals surface area contributed by atoms with E-state index in [4.69, 9.17) is 16.0 Å². The predicted octanol–water partition coefficient (Wildman–Crippen LogP) is 1.45. The Morgan fingerprint density at radius 2 is 2.29 bits per heavy atom. The quantitative estimate of drug-likeness (QED) is 0.707. The minimum absolute atomic E-state index is 0.0217. The first-order valence-electron chi connectivity index (χ1n) is 3.95. The molecule has 0 aliphatic heterocycles. The molecule has 0 amide bonds. The smallest absolute Gasteiger partial charge is 0.406 e. The van der Waals surface area contributed by atoms with E-state index in [9.17, 15) is 9.59 Å². The fourth-order valence-electron chi connectivity index (χ4n) is 1.30. The fraction of sp³-hybridized carbons (Fsp3) is 0.111. The molecule has 0 saturated carbocycles. The summed E-state index contributed by atoms with van der Waals surface area (Å²) in [5.74, 6) is -0.569. The molecule has 72 valence electrons. The van der Waals surface area contributed by atoms with E-state index in [-0.39, 0.29) is 6.54 Å². The van der Waals surface area contributed by atoms with Gasteiger partial charge in [0.05, 0.1) is 17.1 Å². The topological polar surface area (TPSA) is 52.2 Å². The van der Waals surface area contributed by atoms with Crippen LogP contribution in [0.3, 0.4) is 0 Å². The molecule has 0 spiro atoms. The third kappa shape index (κ3) is 1.24. The number of aldehydes is 1. The van der Waals surface area contributed by atoms with Gasteiger partial charge in [-0.15, -0.1) is 0 Å². The molecule has 5 heteroatoms. The van der Waals surface area contributed by atoms with E-state index in [2.05, 4.69) is 0 Å². The van der Waals surface area contributed by atoms with Crippen LogP contribution in [0.4, 0.5) is 0 Å². The van der Waals surface area contributed by atoms with Crippen molar-refractivity contribution in [2.75, 3.05) is 0 Å². The minimum Gasteiger partial charge on any atom is -0.406 e. The highest BCUT2D eigenvalue weighted by molar-refractivity contribution is 6.34. The van der Waals surface area contributed by atoms with Crippen molar-refractivity contribution in [2.24, 2.45) is 0 Å². The van der Waals surface area contributed by atoms with Crippen LogP contribution >= 0.6 is 11.6 Å². The van der Waals surface area contributed by atoms with Gasteiger partial charge in [0.1, 0.15) is 6.29 Å². The lowest BCUT2D eigenvalue weighted by molar-refractivity contribution is -0.108. The summed E-state index contributed by atoms with van der Waals surface area (Å²) in [5, 5.41) is 0.365. The van der Waals surface area contributed by atoms with Gasteiger partial charge in [0.25, 0.3) is 0 Å². The van der Waals surface area contributed by atoms with Gasteiger partial charge in [-0.3, -0.25) is 4.57 Å². The van der Waals surface area contributed by atoms with Gasteiger partial charge >= 0.3 is 5.76 Å². The second-order valence-corrected chi connectivity index (χ2v) is 3.14. The monoisotopic (exact) mass is 211 g/mol. The number of hydrogen-bond acceptors (Lipinski definition) is 3. The summed E-state index contributed by atoms with van der Waals surface area (Å²) in [6.45, 7) is -0.0217. The molecule has 0 aliphatic carbocycles. The molecular weight excluding hydrogens is 206 g/mol. The molecular formula is C9H6ClNO3. The van der Waals surface area contributed by atoms with Crippen molar-refractivity contribution in [1.82, 2.24) is 4.57 Å².